The normalized spacial score (nSPS) is 10.8. The van der Waals surface area contributed by atoms with Crippen molar-refractivity contribution in [3.05, 3.63) is 52.7 Å². The molecular weight excluding hydrogens is 370 g/mol. The Kier molecular flexibility index (Phi) is 5.43. The molecule has 3 aromatic rings. The number of ether oxygens (including phenoxy) is 1. The number of primary amides is 1. The SMILES string of the molecule is C=CCn1c(SCC(N)=O)nc2scc(-c3ccc(OC)cc3)c2c1=O. The lowest BCUT2D eigenvalue weighted by atomic mass is 10.1. The number of thiophene rings is 1. The minimum atomic E-state index is -0.459. The van der Waals surface area contributed by atoms with Crippen LogP contribution in [-0.4, -0.2) is 28.3 Å². The minimum absolute atomic E-state index is 0.0613. The molecule has 1 amide bonds. The molecule has 0 saturated carbocycles. The van der Waals surface area contributed by atoms with Gasteiger partial charge >= 0.3 is 0 Å². The van der Waals surface area contributed by atoms with E-state index in [1.807, 2.05) is 29.6 Å². The van der Waals surface area contributed by atoms with Crippen molar-refractivity contribution in [3.8, 4) is 16.9 Å². The van der Waals surface area contributed by atoms with Crippen LogP contribution in [0.1, 0.15) is 0 Å². The van der Waals surface area contributed by atoms with E-state index in [1.54, 1.807) is 13.2 Å². The molecule has 0 unspecified atom stereocenters. The third kappa shape index (κ3) is 3.51. The van der Waals surface area contributed by atoms with Gasteiger partial charge in [-0.1, -0.05) is 30.0 Å². The number of fused-ring (bicyclic) bond motifs is 1. The van der Waals surface area contributed by atoms with Crippen molar-refractivity contribution in [2.45, 2.75) is 11.7 Å². The zero-order valence-corrected chi connectivity index (χ0v) is 15.7. The number of hydrogen-bond acceptors (Lipinski definition) is 6. The zero-order chi connectivity index (χ0) is 18.7. The fourth-order valence-corrected chi connectivity index (χ4v) is 4.26. The molecule has 3 rings (SSSR count). The van der Waals surface area contributed by atoms with Crippen molar-refractivity contribution in [2.24, 2.45) is 5.73 Å². The van der Waals surface area contributed by atoms with Crippen LogP contribution >= 0.6 is 23.1 Å². The summed E-state index contributed by atoms with van der Waals surface area (Å²) in [6.07, 6.45) is 1.63. The van der Waals surface area contributed by atoms with E-state index < -0.39 is 5.91 Å². The number of amides is 1. The van der Waals surface area contributed by atoms with Gasteiger partial charge in [0, 0.05) is 17.5 Å². The van der Waals surface area contributed by atoms with E-state index in [2.05, 4.69) is 11.6 Å². The molecule has 0 fully saturated rings. The van der Waals surface area contributed by atoms with E-state index in [9.17, 15) is 9.59 Å². The quantitative estimate of drug-likeness (QED) is 0.383. The number of carbonyl (C=O) groups excluding carboxylic acids is 1. The lowest BCUT2D eigenvalue weighted by Gasteiger charge is -2.10. The molecule has 0 atom stereocenters. The molecule has 6 nitrogen and oxygen atoms in total. The molecule has 0 bridgehead atoms. The molecule has 0 spiro atoms. The smallest absolute Gasteiger partial charge is 0.263 e. The molecule has 2 N–H and O–H groups in total. The lowest BCUT2D eigenvalue weighted by Crippen LogP contribution is -2.23. The van der Waals surface area contributed by atoms with Gasteiger partial charge < -0.3 is 10.5 Å². The maximum atomic E-state index is 13.1. The second-order valence-corrected chi connectivity index (χ2v) is 7.21. The Morgan fingerprint density at radius 2 is 2.15 bits per heavy atom. The van der Waals surface area contributed by atoms with Crippen LogP contribution in [0.3, 0.4) is 0 Å². The molecule has 26 heavy (non-hydrogen) atoms. The first-order chi connectivity index (χ1) is 12.5. The lowest BCUT2D eigenvalue weighted by molar-refractivity contribution is -0.115. The highest BCUT2D eigenvalue weighted by molar-refractivity contribution is 7.99. The summed E-state index contributed by atoms with van der Waals surface area (Å²) in [5.41, 5.74) is 6.80. The summed E-state index contributed by atoms with van der Waals surface area (Å²) in [7, 11) is 1.61. The topological polar surface area (TPSA) is 87.2 Å². The Morgan fingerprint density at radius 3 is 2.77 bits per heavy atom. The first-order valence-electron chi connectivity index (χ1n) is 7.73. The number of benzene rings is 1. The number of methoxy groups -OCH3 is 1. The zero-order valence-electron chi connectivity index (χ0n) is 14.1. The Bertz CT molecular complexity index is 1020. The van der Waals surface area contributed by atoms with Crippen LogP contribution in [0.4, 0.5) is 0 Å². The highest BCUT2D eigenvalue weighted by Crippen LogP contribution is 2.33. The maximum Gasteiger partial charge on any atom is 0.263 e. The molecule has 0 aliphatic carbocycles. The summed E-state index contributed by atoms with van der Waals surface area (Å²) in [6, 6.07) is 7.53. The molecule has 0 radical (unpaired) electrons. The van der Waals surface area contributed by atoms with Gasteiger partial charge in [0.1, 0.15) is 10.6 Å². The number of rotatable bonds is 7. The van der Waals surface area contributed by atoms with Crippen molar-refractivity contribution < 1.29 is 9.53 Å². The Hall–Kier alpha value is -2.58. The van der Waals surface area contributed by atoms with Gasteiger partial charge in [0.15, 0.2) is 5.16 Å². The Morgan fingerprint density at radius 1 is 1.42 bits per heavy atom. The standard InChI is InChI=1S/C18H17N3O3S2/c1-3-8-21-17(23)15-13(11-4-6-12(24-2)7-5-11)9-25-16(15)20-18(21)26-10-14(19)22/h3-7,9H,1,8,10H2,2H3,(H2,19,22). The highest BCUT2D eigenvalue weighted by atomic mass is 32.2. The van der Waals surface area contributed by atoms with Crippen LogP contribution < -0.4 is 16.0 Å². The third-order valence-corrected chi connectivity index (χ3v) is 5.59. The minimum Gasteiger partial charge on any atom is -0.497 e. The molecule has 0 saturated heterocycles. The molecule has 2 heterocycles. The van der Waals surface area contributed by atoms with Gasteiger partial charge in [0.05, 0.1) is 18.2 Å². The number of carbonyl (C=O) groups is 1. The fraction of sp³-hybridized carbons (Fsp3) is 0.167. The Balaban J connectivity index is 2.15. The average molecular weight is 387 g/mol. The second-order valence-electron chi connectivity index (χ2n) is 5.41. The second kappa shape index (κ2) is 7.76. The van der Waals surface area contributed by atoms with Gasteiger partial charge in [-0.3, -0.25) is 14.2 Å². The maximum absolute atomic E-state index is 13.1. The van der Waals surface area contributed by atoms with Crippen molar-refractivity contribution in [2.75, 3.05) is 12.9 Å². The van der Waals surface area contributed by atoms with E-state index in [0.29, 0.717) is 21.9 Å². The van der Waals surface area contributed by atoms with Gasteiger partial charge in [-0.15, -0.1) is 17.9 Å². The summed E-state index contributed by atoms with van der Waals surface area (Å²) >= 11 is 2.55. The number of nitrogens with two attached hydrogens (primary N) is 1. The fourth-order valence-electron chi connectivity index (χ4n) is 2.52. The molecule has 0 aliphatic rings. The largest absolute Gasteiger partial charge is 0.497 e. The molecule has 0 aliphatic heterocycles. The first-order valence-corrected chi connectivity index (χ1v) is 9.60. The summed E-state index contributed by atoms with van der Waals surface area (Å²) in [6.45, 7) is 4.01. The van der Waals surface area contributed by atoms with Crippen molar-refractivity contribution in [3.63, 3.8) is 0 Å². The Labute approximate surface area is 158 Å². The van der Waals surface area contributed by atoms with Crippen molar-refractivity contribution in [1.29, 1.82) is 0 Å². The van der Waals surface area contributed by atoms with E-state index in [-0.39, 0.29) is 11.3 Å². The van der Waals surface area contributed by atoms with E-state index >= 15 is 0 Å². The molecule has 134 valence electrons. The van der Waals surface area contributed by atoms with Gasteiger partial charge in [0.25, 0.3) is 5.56 Å². The summed E-state index contributed by atoms with van der Waals surface area (Å²) in [4.78, 5) is 29.4. The van der Waals surface area contributed by atoms with Gasteiger partial charge in [-0.2, -0.15) is 0 Å². The number of aromatic nitrogens is 2. The predicted octanol–water partition coefficient (Wildman–Crippen LogP) is 2.90. The van der Waals surface area contributed by atoms with Crippen molar-refractivity contribution >= 4 is 39.2 Å². The van der Waals surface area contributed by atoms with Gasteiger partial charge in [-0.25, -0.2) is 4.98 Å². The van der Waals surface area contributed by atoms with Crippen molar-refractivity contribution in [1.82, 2.24) is 9.55 Å². The van der Waals surface area contributed by atoms with Gasteiger partial charge in [-0.05, 0) is 17.7 Å². The number of thioether (sulfide) groups is 1. The molecule has 1 aromatic carbocycles. The van der Waals surface area contributed by atoms with E-state index in [0.717, 1.165) is 28.6 Å². The van der Waals surface area contributed by atoms with Crippen LogP contribution in [-0.2, 0) is 11.3 Å². The first kappa shape index (κ1) is 18.2. The van der Waals surface area contributed by atoms with E-state index in [4.69, 9.17) is 10.5 Å². The van der Waals surface area contributed by atoms with Crippen LogP contribution in [0.15, 0.2) is 52.3 Å². The number of allylic oxidation sites excluding steroid dienone is 1. The number of hydrogen-bond donors (Lipinski definition) is 1. The summed E-state index contributed by atoms with van der Waals surface area (Å²) < 4.78 is 6.70. The van der Waals surface area contributed by atoms with Gasteiger partial charge in [0.2, 0.25) is 5.91 Å². The molecule has 2 aromatic heterocycles. The van der Waals surface area contributed by atoms with Crippen LogP contribution in [0.25, 0.3) is 21.3 Å². The summed E-state index contributed by atoms with van der Waals surface area (Å²) in [5, 5.41) is 2.94. The van der Waals surface area contributed by atoms with E-state index in [1.165, 1.54) is 15.9 Å². The highest BCUT2D eigenvalue weighted by Gasteiger charge is 2.17. The monoisotopic (exact) mass is 387 g/mol. The predicted molar refractivity (Wildman–Crippen MR) is 106 cm³/mol. The average Bonchev–Trinajstić information content (AvgIpc) is 3.07. The summed E-state index contributed by atoms with van der Waals surface area (Å²) in [5.74, 6) is 0.353. The van der Waals surface area contributed by atoms with Crippen LogP contribution in [0, 0.1) is 0 Å². The van der Waals surface area contributed by atoms with Crippen LogP contribution in [0.2, 0.25) is 0 Å². The third-order valence-electron chi connectivity index (χ3n) is 3.71. The number of nitrogens with zero attached hydrogens (tertiary/aromatic N) is 2. The van der Waals surface area contributed by atoms with Crippen LogP contribution in [0.5, 0.6) is 5.75 Å². The molecular formula is C18H17N3O3S2. The molecule has 8 heteroatoms.